The molecule has 0 atom stereocenters. The van der Waals surface area contributed by atoms with E-state index in [2.05, 4.69) is 5.32 Å². The number of sulfonamides is 1. The van der Waals surface area contributed by atoms with Crippen molar-refractivity contribution in [3.63, 3.8) is 0 Å². The quantitative estimate of drug-likeness (QED) is 0.828. The molecule has 0 aromatic heterocycles. The molecule has 0 saturated carbocycles. The predicted molar refractivity (Wildman–Crippen MR) is 85.7 cm³/mol. The van der Waals surface area contributed by atoms with Crippen LogP contribution in [0.25, 0.3) is 0 Å². The number of benzene rings is 1. The third kappa shape index (κ3) is 5.84. The Bertz CT molecular complexity index is 663. The number of rotatable bonds is 7. The molecule has 0 aliphatic heterocycles. The van der Waals surface area contributed by atoms with E-state index in [1.54, 1.807) is 24.3 Å². The molecular formula is C15H21N3O3S. The van der Waals surface area contributed by atoms with E-state index < -0.39 is 15.9 Å². The Morgan fingerprint density at radius 2 is 2.00 bits per heavy atom. The fourth-order valence-electron chi connectivity index (χ4n) is 1.80. The standard InChI is InChI=1S/C15H21N3O3S/c1-12(2)8-9-18(22(3,20)21)11-15(19)17-14-7-5-4-6-13(14)10-16/h4-7,12H,8-9,11H2,1-3H3,(H,17,19). The normalized spacial score (nSPS) is 11.5. The van der Waals surface area contributed by atoms with E-state index in [1.807, 2.05) is 19.9 Å². The minimum absolute atomic E-state index is 0.259. The third-order valence-electron chi connectivity index (χ3n) is 3.07. The summed E-state index contributed by atoms with van der Waals surface area (Å²) in [7, 11) is -3.46. The monoisotopic (exact) mass is 323 g/mol. The summed E-state index contributed by atoms with van der Waals surface area (Å²) in [6.07, 6.45) is 1.76. The lowest BCUT2D eigenvalue weighted by atomic mass is 10.1. The van der Waals surface area contributed by atoms with Gasteiger partial charge in [0.1, 0.15) is 6.07 Å². The van der Waals surface area contributed by atoms with Crippen molar-refractivity contribution in [2.24, 2.45) is 5.92 Å². The van der Waals surface area contributed by atoms with E-state index in [0.29, 0.717) is 30.1 Å². The lowest BCUT2D eigenvalue weighted by Gasteiger charge is -2.20. The molecule has 6 nitrogen and oxygen atoms in total. The van der Waals surface area contributed by atoms with Gasteiger partial charge in [0.2, 0.25) is 15.9 Å². The first-order valence-corrected chi connectivity index (χ1v) is 8.83. The van der Waals surface area contributed by atoms with Crippen LogP contribution in [0.5, 0.6) is 0 Å². The molecule has 120 valence electrons. The molecule has 0 aliphatic rings. The van der Waals surface area contributed by atoms with E-state index in [1.165, 1.54) is 0 Å². The summed E-state index contributed by atoms with van der Waals surface area (Å²) in [5.74, 6) is -0.122. The van der Waals surface area contributed by atoms with Crippen molar-refractivity contribution in [2.75, 3.05) is 24.7 Å². The summed E-state index contributed by atoms with van der Waals surface area (Å²) < 4.78 is 24.6. The second-order valence-corrected chi connectivity index (χ2v) is 7.47. The molecule has 1 aromatic rings. The highest BCUT2D eigenvalue weighted by atomic mass is 32.2. The van der Waals surface area contributed by atoms with Gasteiger partial charge in [0, 0.05) is 6.54 Å². The van der Waals surface area contributed by atoms with E-state index >= 15 is 0 Å². The second kappa shape index (κ2) is 7.92. The van der Waals surface area contributed by atoms with Crippen LogP contribution in [0.4, 0.5) is 5.69 Å². The fraction of sp³-hybridized carbons (Fsp3) is 0.467. The summed E-state index contributed by atoms with van der Waals surface area (Å²) >= 11 is 0. The number of carbonyl (C=O) groups excluding carboxylic acids is 1. The number of para-hydroxylation sites is 1. The SMILES string of the molecule is CC(C)CCN(CC(=O)Nc1ccccc1C#N)S(C)(=O)=O. The largest absolute Gasteiger partial charge is 0.324 e. The number of nitrogens with one attached hydrogen (secondary N) is 1. The maximum Gasteiger partial charge on any atom is 0.239 e. The summed E-state index contributed by atoms with van der Waals surface area (Å²) in [5, 5.41) is 11.6. The van der Waals surface area contributed by atoms with Crippen LogP contribution in [-0.2, 0) is 14.8 Å². The molecular weight excluding hydrogens is 302 g/mol. The van der Waals surface area contributed by atoms with E-state index in [9.17, 15) is 13.2 Å². The van der Waals surface area contributed by atoms with E-state index in [0.717, 1.165) is 10.6 Å². The average Bonchev–Trinajstić information content (AvgIpc) is 2.42. The van der Waals surface area contributed by atoms with Crippen LogP contribution >= 0.6 is 0 Å². The highest BCUT2D eigenvalue weighted by molar-refractivity contribution is 7.88. The number of anilines is 1. The Kier molecular flexibility index (Phi) is 6.53. The molecule has 0 saturated heterocycles. The Labute approximate surface area is 131 Å². The van der Waals surface area contributed by atoms with Crippen molar-refractivity contribution in [1.82, 2.24) is 4.31 Å². The molecule has 1 rings (SSSR count). The first kappa shape index (κ1) is 18.1. The summed E-state index contributed by atoms with van der Waals surface area (Å²) in [5.41, 5.74) is 0.719. The minimum atomic E-state index is -3.46. The maximum absolute atomic E-state index is 12.1. The van der Waals surface area contributed by atoms with Crippen molar-refractivity contribution in [3.05, 3.63) is 29.8 Å². The topological polar surface area (TPSA) is 90.3 Å². The summed E-state index contributed by atoms with van der Waals surface area (Å²) in [6, 6.07) is 8.56. The summed E-state index contributed by atoms with van der Waals surface area (Å²) in [4.78, 5) is 12.1. The van der Waals surface area contributed by atoms with Crippen LogP contribution in [0.1, 0.15) is 25.8 Å². The number of nitriles is 1. The molecule has 1 aromatic carbocycles. The molecule has 0 aliphatic carbocycles. The lowest BCUT2D eigenvalue weighted by molar-refractivity contribution is -0.116. The van der Waals surface area contributed by atoms with Gasteiger partial charge < -0.3 is 5.32 Å². The molecule has 1 N–H and O–H groups in total. The van der Waals surface area contributed by atoms with Crippen molar-refractivity contribution in [1.29, 1.82) is 5.26 Å². The van der Waals surface area contributed by atoms with Crippen LogP contribution in [0.2, 0.25) is 0 Å². The van der Waals surface area contributed by atoms with Gasteiger partial charge in [-0.25, -0.2) is 8.42 Å². The first-order chi connectivity index (χ1) is 10.2. The molecule has 0 heterocycles. The molecule has 22 heavy (non-hydrogen) atoms. The highest BCUT2D eigenvalue weighted by Crippen LogP contribution is 2.14. The number of hydrogen-bond donors (Lipinski definition) is 1. The Morgan fingerprint density at radius 1 is 1.36 bits per heavy atom. The molecule has 0 fully saturated rings. The van der Waals surface area contributed by atoms with Crippen LogP contribution in [0.3, 0.4) is 0 Å². The zero-order valence-electron chi connectivity index (χ0n) is 13.0. The number of carbonyl (C=O) groups is 1. The number of hydrogen-bond acceptors (Lipinski definition) is 4. The Morgan fingerprint density at radius 3 is 2.55 bits per heavy atom. The van der Waals surface area contributed by atoms with Crippen LogP contribution in [-0.4, -0.2) is 38.0 Å². The van der Waals surface area contributed by atoms with Crippen LogP contribution in [0.15, 0.2) is 24.3 Å². The molecule has 0 radical (unpaired) electrons. The smallest absolute Gasteiger partial charge is 0.239 e. The zero-order chi connectivity index (χ0) is 16.8. The van der Waals surface area contributed by atoms with Gasteiger partial charge in [-0.3, -0.25) is 4.79 Å². The molecule has 7 heteroatoms. The van der Waals surface area contributed by atoms with Gasteiger partial charge in [-0.05, 0) is 24.5 Å². The molecule has 0 bridgehead atoms. The van der Waals surface area contributed by atoms with Crippen LogP contribution in [0, 0.1) is 17.2 Å². The van der Waals surface area contributed by atoms with Crippen molar-refractivity contribution in [2.45, 2.75) is 20.3 Å². The van der Waals surface area contributed by atoms with Gasteiger partial charge in [0.15, 0.2) is 0 Å². The first-order valence-electron chi connectivity index (χ1n) is 6.98. The highest BCUT2D eigenvalue weighted by Gasteiger charge is 2.20. The average molecular weight is 323 g/mol. The molecule has 0 spiro atoms. The Balaban J connectivity index is 2.77. The molecule has 1 amide bonds. The summed E-state index contributed by atoms with van der Waals surface area (Å²) in [6.45, 7) is 4.02. The van der Waals surface area contributed by atoms with Gasteiger partial charge >= 0.3 is 0 Å². The second-order valence-electron chi connectivity index (χ2n) is 5.48. The van der Waals surface area contributed by atoms with E-state index in [-0.39, 0.29) is 6.54 Å². The zero-order valence-corrected chi connectivity index (χ0v) is 13.9. The van der Waals surface area contributed by atoms with Gasteiger partial charge in [0.25, 0.3) is 0 Å². The van der Waals surface area contributed by atoms with Crippen molar-refractivity contribution >= 4 is 21.6 Å². The van der Waals surface area contributed by atoms with Crippen LogP contribution < -0.4 is 5.32 Å². The van der Waals surface area contributed by atoms with Gasteiger partial charge in [-0.2, -0.15) is 9.57 Å². The van der Waals surface area contributed by atoms with Gasteiger partial charge in [-0.1, -0.05) is 26.0 Å². The van der Waals surface area contributed by atoms with Crippen molar-refractivity contribution in [3.8, 4) is 6.07 Å². The number of nitrogens with zero attached hydrogens (tertiary/aromatic N) is 2. The van der Waals surface area contributed by atoms with Gasteiger partial charge in [-0.15, -0.1) is 0 Å². The third-order valence-corrected chi connectivity index (χ3v) is 4.32. The number of amides is 1. The molecule has 0 unspecified atom stereocenters. The fourth-order valence-corrected chi connectivity index (χ4v) is 2.59. The van der Waals surface area contributed by atoms with Crippen molar-refractivity contribution < 1.29 is 13.2 Å². The Hall–Kier alpha value is -1.91. The minimum Gasteiger partial charge on any atom is -0.324 e. The van der Waals surface area contributed by atoms with E-state index in [4.69, 9.17) is 5.26 Å². The lowest BCUT2D eigenvalue weighted by Crippen LogP contribution is -2.38. The van der Waals surface area contributed by atoms with Gasteiger partial charge in [0.05, 0.1) is 24.1 Å². The predicted octanol–water partition coefficient (Wildman–Crippen LogP) is 1.80. The maximum atomic E-state index is 12.1.